The van der Waals surface area contributed by atoms with Gasteiger partial charge in [0.25, 0.3) is 5.91 Å². The minimum Gasteiger partial charge on any atom is -0.349 e. The van der Waals surface area contributed by atoms with Crippen molar-refractivity contribution in [3.05, 3.63) is 63.7 Å². The summed E-state index contributed by atoms with van der Waals surface area (Å²) in [6.45, 7) is 7.96. The molecule has 32 heavy (non-hydrogen) atoms. The van der Waals surface area contributed by atoms with Crippen molar-refractivity contribution in [1.29, 1.82) is 0 Å². The molecule has 2 aromatic rings. The first-order chi connectivity index (χ1) is 15.1. The van der Waals surface area contributed by atoms with Crippen LogP contribution in [0.25, 0.3) is 0 Å². The maximum atomic E-state index is 13.0. The Hall–Kier alpha value is -1.75. The highest BCUT2D eigenvalue weighted by Gasteiger charge is 2.67. The first kappa shape index (κ1) is 24.9. The molecule has 3 rings (SSSR count). The van der Waals surface area contributed by atoms with E-state index >= 15 is 0 Å². The lowest BCUT2D eigenvalue weighted by Gasteiger charge is -2.17. The Bertz CT molecular complexity index is 1000. The second kappa shape index (κ2) is 10.0. The molecule has 0 radical (unpaired) electrons. The summed E-state index contributed by atoms with van der Waals surface area (Å²) in [6, 6.07) is 11.0. The van der Waals surface area contributed by atoms with Gasteiger partial charge in [-0.3, -0.25) is 9.59 Å². The summed E-state index contributed by atoms with van der Waals surface area (Å²) in [4.78, 5) is 25.8. The average molecular weight is 496 g/mol. The van der Waals surface area contributed by atoms with Gasteiger partial charge in [-0.25, -0.2) is 0 Å². The molecule has 1 saturated carbocycles. The van der Waals surface area contributed by atoms with Crippen molar-refractivity contribution in [3.8, 4) is 0 Å². The van der Waals surface area contributed by atoms with E-state index in [9.17, 15) is 9.59 Å². The predicted molar refractivity (Wildman–Crippen MR) is 133 cm³/mol. The molecule has 7 heteroatoms. The lowest BCUT2D eigenvalue weighted by molar-refractivity contribution is -0.117. The zero-order chi connectivity index (χ0) is 23.6. The Morgan fingerprint density at radius 3 is 2.44 bits per heavy atom. The second-order valence-electron chi connectivity index (χ2n) is 8.58. The smallest absolute Gasteiger partial charge is 0.251 e. The minimum absolute atomic E-state index is 0.131. The van der Waals surface area contributed by atoms with E-state index in [0.717, 1.165) is 36.0 Å². The van der Waals surface area contributed by atoms with Crippen molar-refractivity contribution in [1.82, 2.24) is 5.32 Å². The van der Waals surface area contributed by atoms with Crippen LogP contribution in [0.3, 0.4) is 0 Å². The van der Waals surface area contributed by atoms with Gasteiger partial charge in [-0.1, -0.05) is 44.0 Å². The quantitative estimate of drug-likeness (QED) is 0.396. The Morgan fingerprint density at radius 1 is 1.09 bits per heavy atom. The van der Waals surface area contributed by atoms with Crippen LogP contribution in [-0.4, -0.2) is 22.2 Å². The fraction of sp³-hybridized carbons (Fsp3) is 0.440. The Morgan fingerprint density at radius 2 is 1.81 bits per heavy atom. The summed E-state index contributed by atoms with van der Waals surface area (Å²) >= 11 is 19.1. The summed E-state index contributed by atoms with van der Waals surface area (Å²) in [5.41, 5.74) is 3.73. The molecular weight excluding hydrogens is 467 g/mol. The molecule has 1 aliphatic carbocycles. The summed E-state index contributed by atoms with van der Waals surface area (Å²) < 4.78 is -1.21. The SMILES string of the molecule is CCCC(CC)NC(=O)c1cc(NC(=O)C2C(c3cc(C)cc(Cl)c3)C2(Cl)Cl)ccc1C. The number of aryl methyl sites for hydroxylation is 2. The third-order valence-electron chi connectivity index (χ3n) is 5.97. The van der Waals surface area contributed by atoms with Crippen molar-refractivity contribution in [2.24, 2.45) is 5.92 Å². The summed E-state index contributed by atoms with van der Waals surface area (Å²) in [5, 5.41) is 6.55. The molecule has 172 valence electrons. The van der Waals surface area contributed by atoms with Crippen molar-refractivity contribution in [2.75, 3.05) is 5.32 Å². The number of benzene rings is 2. The Labute approximate surface area is 205 Å². The van der Waals surface area contributed by atoms with E-state index in [1.54, 1.807) is 18.2 Å². The van der Waals surface area contributed by atoms with E-state index < -0.39 is 10.3 Å². The fourth-order valence-corrected chi connectivity index (χ4v) is 5.29. The largest absolute Gasteiger partial charge is 0.349 e. The molecule has 3 atom stereocenters. The topological polar surface area (TPSA) is 58.2 Å². The molecule has 0 heterocycles. The molecule has 0 spiro atoms. The lowest BCUT2D eigenvalue weighted by atomic mass is 10.0. The lowest BCUT2D eigenvalue weighted by Crippen LogP contribution is -2.34. The predicted octanol–water partition coefficient (Wildman–Crippen LogP) is 6.79. The molecule has 2 amide bonds. The zero-order valence-electron chi connectivity index (χ0n) is 18.8. The maximum absolute atomic E-state index is 13.0. The van der Waals surface area contributed by atoms with E-state index in [4.69, 9.17) is 34.8 Å². The molecule has 0 saturated heterocycles. The number of amides is 2. The summed E-state index contributed by atoms with van der Waals surface area (Å²) in [5.74, 6) is -1.39. The number of hydrogen-bond acceptors (Lipinski definition) is 2. The van der Waals surface area contributed by atoms with E-state index in [2.05, 4.69) is 24.5 Å². The third kappa shape index (κ3) is 5.41. The monoisotopic (exact) mass is 494 g/mol. The molecule has 3 unspecified atom stereocenters. The van der Waals surface area contributed by atoms with E-state index in [0.29, 0.717) is 16.3 Å². The minimum atomic E-state index is -1.21. The van der Waals surface area contributed by atoms with Gasteiger partial charge in [0.05, 0.1) is 5.92 Å². The van der Waals surface area contributed by atoms with Crippen LogP contribution < -0.4 is 10.6 Å². The number of carbonyl (C=O) groups excluding carboxylic acids is 2. The molecule has 0 bridgehead atoms. The van der Waals surface area contributed by atoms with Crippen LogP contribution in [-0.2, 0) is 4.79 Å². The first-order valence-corrected chi connectivity index (χ1v) is 12.1. The molecule has 1 fully saturated rings. The van der Waals surface area contributed by atoms with Crippen LogP contribution in [0.15, 0.2) is 36.4 Å². The van der Waals surface area contributed by atoms with Crippen LogP contribution in [0.2, 0.25) is 5.02 Å². The normalized spacial score (nSPS) is 19.8. The van der Waals surface area contributed by atoms with Crippen molar-refractivity contribution in [3.63, 3.8) is 0 Å². The van der Waals surface area contributed by atoms with Gasteiger partial charge in [-0.15, -0.1) is 23.2 Å². The van der Waals surface area contributed by atoms with E-state index in [1.807, 2.05) is 32.0 Å². The van der Waals surface area contributed by atoms with Gasteiger partial charge in [0.2, 0.25) is 5.91 Å². The molecule has 0 aliphatic heterocycles. The molecule has 2 aromatic carbocycles. The number of rotatable bonds is 8. The molecule has 4 nitrogen and oxygen atoms in total. The number of carbonyl (C=O) groups is 2. The van der Waals surface area contributed by atoms with Gasteiger partial charge in [-0.2, -0.15) is 0 Å². The van der Waals surface area contributed by atoms with Gasteiger partial charge < -0.3 is 10.6 Å². The second-order valence-corrected chi connectivity index (χ2v) is 10.5. The third-order valence-corrected chi connectivity index (χ3v) is 7.13. The highest BCUT2D eigenvalue weighted by molar-refractivity contribution is 6.53. The van der Waals surface area contributed by atoms with Gasteiger partial charge in [0.1, 0.15) is 4.33 Å². The van der Waals surface area contributed by atoms with Crippen molar-refractivity contribution >= 4 is 52.3 Å². The van der Waals surface area contributed by atoms with Gasteiger partial charge in [-0.05, 0) is 67.6 Å². The number of halogens is 3. The summed E-state index contributed by atoms with van der Waals surface area (Å²) in [7, 11) is 0. The van der Waals surface area contributed by atoms with Crippen LogP contribution in [0.5, 0.6) is 0 Å². The van der Waals surface area contributed by atoms with Gasteiger partial charge >= 0.3 is 0 Å². The first-order valence-electron chi connectivity index (χ1n) is 11.0. The Balaban J connectivity index is 1.75. The van der Waals surface area contributed by atoms with Gasteiger partial charge in [0, 0.05) is 28.2 Å². The van der Waals surface area contributed by atoms with Crippen molar-refractivity contribution < 1.29 is 9.59 Å². The molecular formula is C25H29Cl3N2O2. The Kier molecular flexibility index (Phi) is 7.80. The highest BCUT2D eigenvalue weighted by Crippen LogP contribution is 2.65. The molecule has 0 aromatic heterocycles. The van der Waals surface area contributed by atoms with Crippen LogP contribution in [0, 0.1) is 19.8 Å². The van der Waals surface area contributed by atoms with Gasteiger partial charge in [0.15, 0.2) is 0 Å². The standard InChI is InChI=1S/C25H29Cl3N2O2/c1-5-7-18(6-2)29-23(31)20-13-19(9-8-15(20)4)30-24(32)22-21(25(22,27)28)16-10-14(3)11-17(26)12-16/h8-13,18,21-22H,5-7H2,1-4H3,(H,29,31)(H,30,32). The number of alkyl halides is 2. The number of hydrogen-bond donors (Lipinski definition) is 2. The highest BCUT2D eigenvalue weighted by atomic mass is 35.5. The maximum Gasteiger partial charge on any atom is 0.251 e. The summed E-state index contributed by atoms with van der Waals surface area (Å²) in [6.07, 6.45) is 2.80. The van der Waals surface area contributed by atoms with Crippen LogP contribution in [0.1, 0.15) is 66.1 Å². The van der Waals surface area contributed by atoms with Crippen molar-refractivity contribution in [2.45, 2.75) is 63.3 Å². The van der Waals surface area contributed by atoms with Crippen LogP contribution in [0.4, 0.5) is 5.69 Å². The van der Waals surface area contributed by atoms with E-state index in [-0.39, 0.29) is 23.8 Å². The van der Waals surface area contributed by atoms with E-state index in [1.165, 1.54) is 0 Å². The van der Waals surface area contributed by atoms with Crippen LogP contribution >= 0.6 is 34.8 Å². The molecule has 1 aliphatic rings. The average Bonchev–Trinajstić information content (AvgIpc) is 3.30. The number of nitrogens with one attached hydrogen (secondary N) is 2. The zero-order valence-corrected chi connectivity index (χ0v) is 21.0. The fourth-order valence-electron chi connectivity index (χ4n) is 4.17. The number of anilines is 1. The molecule has 2 N–H and O–H groups in total.